The average molecular weight is 735 g/mol. The molecule has 6 N–H and O–H groups in total. The molecule has 2 heterocycles. The van der Waals surface area contributed by atoms with Gasteiger partial charge in [-0.05, 0) is 116 Å². The van der Waals surface area contributed by atoms with Gasteiger partial charge in [0.25, 0.3) is 0 Å². The van der Waals surface area contributed by atoms with Crippen molar-refractivity contribution in [2.24, 2.45) is 50.2 Å². The lowest BCUT2D eigenvalue weighted by atomic mass is 9.33. The summed E-state index contributed by atoms with van der Waals surface area (Å²) < 4.78 is 23.9. The van der Waals surface area contributed by atoms with Crippen molar-refractivity contribution in [3.8, 4) is 0 Å². The number of carboxylic acid groups (broad SMARTS) is 1. The van der Waals surface area contributed by atoms with Crippen LogP contribution in [-0.4, -0.2) is 105 Å². The molecule has 296 valence electrons. The molecule has 7 rings (SSSR count). The minimum Gasteiger partial charge on any atom is -0.481 e. The topological polar surface area (TPSA) is 175 Å². The van der Waals surface area contributed by atoms with Crippen LogP contribution in [0.25, 0.3) is 0 Å². The van der Waals surface area contributed by atoms with Gasteiger partial charge >= 0.3 is 5.97 Å². The third-order valence-corrected chi connectivity index (χ3v) is 16.9. The van der Waals surface area contributed by atoms with E-state index < -0.39 is 66.7 Å². The molecular weight excluding hydrogens is 668 g/mol. The summed E-state index contributed by atoms with van der Waals surface area (Å²) in [7, 11) is 0. The van der Waals surface area contributed by atoms with Crippen molar-refractivity contribution >= 4 is 5.97 Å². The number of carboxylic acids is 1. The highest BCUT2D eigenvalue weighted by Crippen LogP contribution is 2.76. The third kappa shape index (κ3) is 5.64. The summed E-state index contributed by atoms with van der Waals surface area (Å²) in [4.78, 5) is 13.0. The first-order chi connectivity index (χ1) is 24.1. The summed E-state index contributed by atoms with van der Waals surface area (Å²) in [5, 5.41) is 63.6. The Morgan fingerprint density at radius 2 is 1.44 bits per heavy atom. The van der Waals surface area contributed by atoms with Crippen LogP contribution < -0.4 is 0 Å². The van der Waals surface area contributed by atoms with Crippen molar-refractivity contribution in [2.75, 3.05) is 6.61 Å². The molecule has 0 bridgehead atoms. The van der Waals surface area contributed by atoms with Crippen LogP contribution in [0, 0.1) is 50.2 Å². The Bertz CT molecular complexity index is 1410. The first-order valence-electron chi connectivity index (χ1n) is 20.1. The van der Waals surface area contributed by atoms with E-state index in [-0.39, 0.29) is 45.7 Å². The predicted molar refractivity (Wildman–Crippen MR) is 191 cm³/mol. The molecule has 0 amide bonds. The Labute approximate surface area is 309 Å². The van der Waals surface area contributed by atoms with E-state index in [0.717, 1.165) is 64.2 Å². The monoisotopic (exact) mass is 734 g/mol. The summed E-state index contributed by atoms with van der Waals surface area (Å²) in [6, 6.07) is 0. The lowest BCUT2D eigenvalue weighted by Gasteiger charge is -2.71. The fraction of sp³-hybridized carbons (Fsp3) is 0.927. The summed E-state index contributed by atoms with van der Waals surface area (Å²) in [6.07, 6.45) is 0.0764. The second-order valence-electron chi connectivity index (χ2n) is 20.2. The van der Waals surface area contributed by atoms with Crippen molar-refractivity contribution < 1.29 is 54.4 Å². The van der Waals surface area contributed by atoms with Crippen LogP contribution in [0.1, 0.15) is 120 Å². The number of hydrogen-bond acceptors (Lipinski definition) is 10. The molecule has 6 fully saturated rings. The van der Waals surface area contributed by atoms with Crippen LogP contribution >= 0.6 is 0 Å². The van der Waals surface area contributed by atoms with Gasteiger partial charge in [0.15, 0.2) is 12.6 Å². The first-order valence-corrected chi connectivity index (χ1v) is 20.1. The molecule has 0 aromatic carbocycles. The summed E-state index contributed by atoms with van der Waals surface area (Å²) in [6.45, 7) is 18.1. The number of fused-ring (bicyclic) bond motifs is 7. The number of aliphatic carboxylic acids is 1. The summed E-state index contributed by atoms with van der Waals surface area (Å²) in [5.41, 5.74) is 0.683. The Balaban J connectivity index is 1.06. The van der Waals surface area contributed by atoms with Crippen molar-refractivity contribution in [1.29, 1.82) is 0 Å². The van der Waals surface area contributed by atoms with Crippen LogP contribution in [0.15, 0.2) is 11.6 Å². The zero-order valence-corrected chi connectivity index (χ0v) is 32.6. The SMILES string of the molecule is C[C@H]1O[C@@H](O[C@H]2CO[C@@H](O[C@H]3CC[C@@]4(C)C(CC[C@]5(C)C4CC=C4[C@@H]6CC(C)(C)CC[C@]6(C(=O)O)CCC45C)C3(C)C)[C@H](O)[C@@H]2O)[C@H](O)[C@H](O)[C@@H]1O. The number of allylic oxidation sites excluding steroid dienone is 2. The molecule has 7 aliphatic rings. The van der Waals surface area contributed by atoms with Gasteiger partial charge in [0, 0.05) is 0 Å². The van der Waals surface area contributed by atoms with E-state index in [4.69, 9.17) is 18.9 Å². The molecule has 2 aliphatic heterocycles. The van der Waals surface area contributed by atoms with E-state index in [0.29, 0.717) is 11.8 Å². The normalized spacial score (nSPS) is 54.1. The number of ether oxygens (including phenoxy) is 4. The summed E-state index contributed by atoms with van der Waals surface area (Å²) in [5.74, 6) is 0.273. The molecule has 0 radical (unpaired) electrons. The molecule has 0 aromatic heterocycles. The van der Waals surface area contributed by atoms with Crippen LogP contribution in [0.3, 0.4) is 0 Å². The van der Waals surface area contributed by atoms with Crippen LogP contribution in [0.4, 0.5) is 0 Å². The molecule has 5 aliphatic carbocycles. The van der Waals surface area contributed by atoms with E-state index in [1.807, 2.05) is 0 Å². The van der Waals surface area contributed by atoms with E-state index in [2.05, 4.69) is 54.5 Å². The van der Waals surface area contributed by atoms with Gasteiger partial charge in [0.05, 0.1) is 24.2 Å². The minimum absolute atomic E-state index is 0.0369. The minimum atomic E-state index is -1.54. The lowest BCUT2D eigenvalue weighted by molar-refractivity contribution is -0.348. The molecule has 11 nitrogen and oxygen atoms in total. The first kappa shape index (κ1) is 39.1. The molecule has 11 heteroatoms. The lowest BCUT2D eigenvalue weighted by Crippen LogP contribution is -2.66. The number of rotatable bonds is 5. The fourth-order valence-corrected chi connectivity index (χ4v) is 13.3. The zero-order valence-electron chi connectivity index (χ0n) is 32.6. The van der Waals surface area contributed by atoms with E-state index >= 15 is 0 Å². The summed E-state index contributed by atoms with van der Waals surface area (Å²) >= 11 is 0. The van der Waals surface area contributed by atoms with Crippen LogP contribution in [-0.2, 0) is 23.7 Å². The predicted octanol–water partition coefficient (Wildman–Crippen LogP) is 4.55. The molecule has 0 spiro atoms. The Kier molecular flexibility index (Phi) is 9.74. The number of carbonyl (C=O) groups is 1. The quantitative estimate of drug-likeness (QED) is 0.173. The molecule has 0 aromatic rings. The average Bonchev–Trinajstić information content (AvgIpc) is 3.06. The Morgan fingerprint density at radius 3 is 2.13 bits per heavy atom. The van der Waals surface area contributed by atoms with Gasteiger partial charge in [-0.1, -0.05) is 60.1 Å². The van der Waals surface area contributed by atoms with Crippen LogP contribution in [0.5, 0.6) is 0 Å². The van der Waals surface area contributed by atoms with Gasteiger partial charge in [-0.15, -0.1) is 0 Å². The van der Waals surface area contributed by atoms with Gasteiger partial charge in [-0.3, -0.25) is 4.79 Å². The molecule has 4 saturated carbocycles. The number of aliphatic hydroxyl groups excluding tert-OH is 5. The highest BCUT2D eigenvalue weighted by atomic mass is 16.7. The molecule has 17 atom stereocenters. The Morgan fingerprint density at radius 1 is 0.769 bits per heavy atom. The highest BCUT2D eigenvalue weighted by molar-refractivity contribution is 5.76. The molecular formula is C41H66O11. The van der Waals surface area contributed by atoms with Crippen molar-refractivity contribution in [3.05, 3.63) is 11.6 Å². The highest BCUT2D eigenvalue weighted by Gasteiger charge is 2.69. The molecule has 2 saturated heterocycles. The Hall–Kier alpha value is -1.15. The van der Waals surface area contributed by atoms with Gasteiger partial charge in [0.1, 0.15) is 36.6 Å². The van der Waals surface area contributed by atoms with Gasteiger partial charge < -0.3 is 49.6 Å². The maximum Gasteiger partial charge on any atom is 0.310 e. The van der Waals surface area contributed by atoms with E-state index in [9.17, 15) is 35.4 Å². The van der Waals surface area contributed by atoms with Crippen LogP contribution in [0.2, 0.25) is 0 Å². The largest absolute Gasteiger partial charge is 0.481 e. The van der Waals surface area contributed by atoms with Crippen molar-refractivity contribution in [2.45, 2.75) is 181 Å². The maximum atomic E-state index is 13.0. The van der Waals surface area contributed by atoms with Gasteiger partial charge in [-0.25, -0.2) is 0 Å². The zero-order chi connectivity index (χ0) is 38.0. The van der Waals surface area contributed by atoms with Gasteiger partial charge in [-0.2, -0.15) is 0 Å². The van der Waals surface area contributed by atoms with Gasteiger partial charge in [0.2, 0.25) is 0 Å². The maximum absolute atomic E-state index is 13.0. The molecule has 52 heavy (non-hydrogen) atoms. The van der Waals surface area contributed by atoms with Crippen molar-refractivity contribution in [3.63, 3.8) is 0 Å². The molecule has 3 unspecified atom stereocenters. The second kappa shape index (κ2) is 12.9. The smallest absolute Gasteiger partial charge is 0.310 e. The standard InChI is InChI=1S/C41H66O11/c1-21-28(42)30(44)32(46)34(50-21)51-24-20-49-33(31(45)29(24)43)52-27-12-13-38(6)25(37(27,4)5)11-14-40(8)26(38)10-9-22-23-19-36(2,3)15-17-41(23,35(47)48)18-16-39(22,40)7/h9,21,23-34,42-46H,10-20H2,1-8H3,(H,47,48)/t21-,23+,24+,25?,26?,27+,28-,29-,30-,31-,32-,33+,34+,38+,39?,40-,41+/m1/s1. The number of aliphatic hydroxyl groups is 5. The second-order valence-corrected chi connectivity index (χ2v) is 20.2. The van der Waals surface area contributed by atoms with Crippen molar-refractivity contribution in [1.82, 2.24) is 0 Å². The third-order valence-electron chi connectivity index (χ3n) is 16.9. The van der Waals surface area contributed by atoms with E-state index in [1.54, 1.807) is 6.92 Å². The number of hydrogen-bond donors (Lipinski definition) is 6. The van der Waals surface area contributed by atoms with E-state index in [1.165, 1.54) is 5.57 Å². The fourth-order valence-electron chi connectivity index (χ4n) is 13.3.